The van der Waals surface area contributed by atoms with Crippen LogP contribution in [-0.4, -0.2) is 47.9 Å². The summed E-state index contributed by atoms with van der Waals surface area (Å²) in [6, 6.07) is 25.1. The number of hydrogen-bond donors (Lipinski definition) is 2. The van der Waals surface area contributed by atoms with E-state index in [0.717, 1.165) is 52.9 Å². The van der Waals surface area contributed by atoms with Gasteiger partial charge in [-0.1, -0.05) is 106 Å². The third-order valence-electron chi connectivity index (χ3n) is 9.84. The SMILES string of the molecule is C=CCOC(=O)NCc1ccccc1-c1ccc(C2OC(CN3CC4(C)CC3CC(C)(C)C4)CC(c3ccc(CO)cc3)O2)cc1. The average Bonchev–Trinajstić information content (AvgIpc) is 3.29. The van der Waals surface area contributed by atoms with Crippen LogP contribution in [0.1, 0.15) is 81.1 Å². The van der Waals surface area contributed by atoms with Crippen molar-refractivity contribution in [3.63, 3.8) is 0 Å². The number of benzene rings is 3. The molecule has 244 valence electrons. The lowest BCUT2D eigenvalue weighted by molar-refractivity contribution is -0.253. The molecule has 3 fully saturated rings. The summed E-state index contributed by atoms with van der Waals surface area (Å²) in [7, 11) is 0. The van der Waals surface area contributed by atoms with E-state index < -0.39 is 12.4 Å². The zero-order chi connectivity index (χ0) is 32.3. The molecule has 0 aromatic heterocycles. The molecule has 0 spiro atoms. The van der Waals surface area contributed by atoms with Crippen molar-refractivity contribution in [1.29, 1.82) is 0 Å². The van der Waals surface area contributed by atoms with Crippen molar-refractivity contribution in [3.8, 4) is 11.1 Å². The highest BCUT2D eigenvalue weighted by Gasteiger charge is 2.50. The molecule has 1 aliphatic carbocycles. The third-order valence-corrected chi connectivity index (χ3v) is 9.84. The molecule has 2 bridgehead atoms. The Hall–Kier alpha value is -3.49. The second-order valence-electron chi connectivity index (χ2n) is 14.5. The average molecular weight is 625 g/mol. The first-order valence-corrected chi connectivity index (χ1v) is 16.6. The minimum absolute atomic E-state index is 0.0244. The second kappa shape index (κ2) is 13.7. The smallest absolute Gasteiger partial charge is 0.407 e. The van der Waals surface area contributed by atoms with E-state index in [-0.39, 0.29) is 25.4 Å². The van der Waals surface area contributed by atoms with Crippen LogP contribution in [0, 0.1) is 10.8 Å². The summed E-state index contributed by atoms with van der Waals surface area (Å²) in [5.74, 6) is 0. The van der Waals surface area contributed by atoms with Gasteiger partial charge in [0.15, 0.2) is 6.29 Å². The monoisotopic (exact) mass is 624 g/mol. The molecule has 1 amide bonds. The summed E-state index contributed by atoms with van der Waals surface area (Å²) in [6.45, 7) is 13.5. The number of alkyl carbamates (subject to hydrolysis) is 1. The molecular weight excluding hydrogens is 576 g/mol. The van der Waals surface area contributed by atoms with E-state index in [9.17, 15) is 9.90 Å². The van der Waals surface area contributed by atoms with Gasteiger partial charge in [0.2, 0.25) is 0 Å². The lowest BCUT2D eigenvalue weighted by atomic mass is 9.65. The van der Waals surface area contributed by atoms with Crippen molar-refractivity contribution in [3.05, 3.63) is 108 Å². The van der Waals surface area contributed by atoms with Crippen molar-refractivity contribution in [1.82, 2.24) is 10.2 Å². The maximum Gasteiger partial charge on any atom is 0.407 e. The summed E-state index contributed by atoms with van der Waals surface area (Å²) in [4.78, 5) is 14.7. The van der Waals surface area contributed by atoms with Crippen LogP contribution >= 0.6 is 0 Å². The Morgan fingerprint density at radius 1 is 1.02 bits per heavy atom. The van der Waals surface area contributed by atoms with E-state index in [1.165, 1.54) is 19.3 Å². The summed E-state index contributed by atoms with van der Waals surface area (Å²) in [5, 5.41) is 12.4. The van der Waals surface area contributed by atoms with E-state index in [1.807, 2.05) is 30.3 Å². The number of nitrogens with one attached hydrogen (secondary N) is 1. The molecule has 5 atom stereocenters. The van der Waals surface area contributed by atoms with E-state index >= 15 is 0 Å². The molecule has 7 nitrogen and oxygen atoms in total. The van der Waals surface area contributed by atoms with Gasteiger partial charge in [-0.3, -0.25) is 4.90 Å². The second-order valence-corrected chi connectivity index (χ2v) is 14.5. The Labute approximate surface area is 273 Å². The van der Waals surface area contributed by atoms with Crippen LogP contribution in [0.25, 0.3) is 11.1 Å². The van der Waals surface area contributed by atoms with Gasteiger partial charge in [0, 0.05) is 37.7 Å². The Kier molecular flexibility index (Phi) is 9.67. The number of aliphatic hydroxyl groups is 1. The minimum Gasteiger partial charge on any atom is -0.445 e. The predicted octanol–water partition coefficient (Wildman–Crippen LogP) is 7.70. The number of carbonyl (C=O) groups excluding carboxylic acids is 1. The summed E-state index contributed by atoms with van der Waals surface area (Å²) in [6.07, 6.45) is 5.05. The van der Waals surface area contributed by atoms with Crippen molar-refractivity contribution in [2.75, 3.05) is 19.7 Å². The van der Waals surface area contributed by atoms with Crippen LogP contribution in [-0.2, 0) is 27.4 Å². The molecule has 3 aromatic rings. The van der Waals surface area contributed by atoms with Crippen molar-refractivity contribution < 1.29 is 24.1 Å². The molecule has 7 heteroatoms. The minimum atomic E-state index is -0.499. The number of ether oxygens (including phenoxy) is 3. The van der Waals surface area contributed by atoms with Gasteiger partial charge in [-0.05, 0) is 57.9 Å². The first-order valence-electron chi connectivity index (χ1n) is 16.6. The zero-order valence-corrected chi connectivity index (χ0v) is 27.4. The molecule has 2 saturated heterocycles. The van der Waals surface area contributed by atoms with Crippen molar-refractivity contribution >= 4 is 6.09 Å². The lowest BCUT2D eigenvalue weighted by Crippen LogP contribution is -2.42. The van der Waals surface area contributed by atoms with Crippen molar-refractivity contribution in [2.45, 2.75) is 84.1 Å². The molecule has 2 N–H and O–H groups in total. The van der Waals surface area contributed by atoms with Gasteiger partial charge in [0.1, 0.15) is 6.61 Å². The fraction of sp³-hybridized carbons (Fsp3) is 0.462. The number of fused-ring (bicyclic) bond motifs is 2. The van der Waals surface area contributed by atoms with Crippen LogP contribution in [0.5, 0.6) is 0 Å². The molecular formula is C39H48N2O5. The number of amides is 1. The van der Waals surface area contributed by atoms with Crippen LogP contribution in [0.4, 0.5) is 4.79 Å². The number of rotatable bonds is 10. The van der Waals surface area contributed by atoms with Gasteiger partial charge in [0.05, 0.1) is 18.8 Å². The van der Waals surface area contributed by atoms with Crippen molar-refractivity contribution in [2.24, 2.45) is 10.8 Å². The molecule has 3 aromatic carbocycles. The Balaban J connectivity index is 1.20. The van der Waals surface area contributed by atoms with Gasteiger partial charge < -0.3 is 24.6 Å². The maximum absolute atomic E-state index is 12.0. The van der Waals surface area contributed by atoms with Crippen LogP contribution in [0.15, 0.2) is 85.5 Å². The Morgan fingerprint density at radius 2 is 1.76 bits per heavy atom. The van der Waals surface area contributed by atoms with E-state index in [2.05, 4.69) is 80.0 Å². The number of aliphatic hydroxyl groups excluding tert-OH is 1. The van der Waals surface area contributed by atoms with Gasteiger partial charge in [0.25, 0.3) is 0 Å². The Bertz CT molecular complexity index is 1500. The summed E-state index contributed by atoms with van der Waals surface area (Å²) < 4.78 is 18.5. The quantitative estimate of drug-likeness (QED) is 0.225. The highest BCUT2D eigenvalue weighted by atomic mass is 16.7. The lowest BCUT2D eigenvalue weighted by Gasteiger charge is -2.41. The summed E-state index contributed by atoms with van der Waals surface area (Å²) >= 11 is 0. The van der Waals surface area contributed by atoms with E-state index in [4.69, 9.17) is 14.2 Å². The van der Waals surface area contributed by atoms with Gasteiger partial charge in [-0.25, -0.2) is 4.79 Å². The largest absolute Gasteiger partial charge is 0.445 e. The first-order chi connectivity index (χ1) is 22.1. The molecule has 46 heavy (non-hydrogen) atoms. The van der Waals surface area contributed by atoms with Crippen LogP contribution < -0.4 is 5.32 Å². The topological polar surface area (TPSA) is 80.3 Å². The van der Waals surface area contributed by atoms with Gasteiger partial charge in [-0.2, -0.15) is 0 Å². The number of hydrogen-bond acceptors (Lipinski definition) is 6. The maximum atomic E-state index is 12.0. The molecule has 6 rings (SSSR count). The number of nitrogens with zero attached hydrogens (tertiary/aromatic N) is 1. The highest BCUT2D eigenvalue weighted by Crippen LogP contribution is 2.53. The van der Waals surface area contributed by atoms with E-state index in [1.54, 1.807) is 6.08 Å². The fourth-order valence-corrected chi connectivity index (χ4v) is 8.21. The van der Waals surface area contributed by atoms with Crippen LogP contribution in [0.3, 0.4) is 0 Å². The molecule has 2 aliphatic heterocycles. The molecule has 3 aliphatic rings. The molecule has 1 saturated carbocycles. The predicted molar refractivity (Wildman–Crippen MR) is 180 cm³/mol. The zero-order valence-electron chi connectivity index (χ0n) is 27.4. The Morgan fingerprint density at radius 3 is 2.50 bits per heavy atom. The molecule has 5 unspecified atom stereocenters. The first kappa shape index (κ1) is 32.5. The fourth-order valence-electron chi connectivity index (χ4n) is 8.21. The molecule has 2 heterocycles. The highest BCUT2D eigenvalue weighted by molar-refractivity contribution is 5.70. The van der Waals surface area contributed by atoms with Gasteiger partial charge in [-0.15, -0.1) is 0 Å². The number of carbonyl (C=O) groups is 1. The summed E-state index contributed by atoms with van der Waals surface area (Å²) in [5.41, 5.74) is 6.79. The number of likely N-dealkylation sites (tertiary alicyclic amines) is 1. The third kappa shape index (κ3) is 7.55. The standard InChI is InChI=1S/C39H48N2O5/c1-5-18-44-37(43)40-22-31-8-6-7-9-34(31)28-14-16-30(17-15-28)36-45-33(19-35(46-36)29-12-10-27(24-42)11-13-29)23-41-26-39(4)21-32(41)20-38(2,3)25-39/h5-17,32-33,35-36,42H,1,18-26H2,2-4H3,(H,40,43). The van der Waals surface area contributed by atoms with E-state index in [0.29, 0.717) is 23.4 Å². The van der Waals surface area contributed by atoms with Gasteiger partial charge >= 0.3 is 6.09 Å². The normalized spacial score (nSPS) is 27.2. The molecule has 0 radical (unpaired) electrons. The van der Waals surface area contributed by atoms with Crippen LogP contribution in [0.2, 0.25) is 0 Å².